The van der Waals surface area contributed by atoms with E-state index in [-0.39, 0.29) is 10.5 Å². The lowest BCUT2D eigenvalue weighted by Crippen LogP contribution is -2.66. The van der Waals surface area contributed by atoms with Crippen LogP contribution >= 0.6 is 0 Å². The minimum absolute atomic E-state index is 0.00985. The van der Waals surface area contributed by atoms with Crippen LogP contribution in [-0.4, -0.2) is 46.0 Å². The molecule has 32 heavy (non-hydrogen) atoms. The van der Waals surface area contributed by atoms with E-state index in [0.29, 0.717) is 6.07 Å². The van der Waals surface area contributed by atoms with Crippen molar-refractivity contribution in [3.8, 4) is 0 Å². The summed E-state index contributed by atoms with van der Waals surface area (Å²) < 4.78 is 111. The van der Waals surface area contributed by atoms with E-state index >= 15 is 0 Å². The maximum Gasteiger partial charge on any atom is 0.416 e. The van der Waals surface area contributed by atoms with E-state index < -0.39 is 91.0 Å². The van der Waals surface area contributed by atoms with Gasteiger partial charge in [0.25, 0.3) is 5.92 Å². The van der Waals surface area contributed by atoms with Crippen LogP contribution in [0.4, 0.5) is 35.1 Å². The molecule has 3 rings (SSSR count). The highest BCUT2D eigenvalue weighted by atomic mass is 19.4. The van der Waals surface area contributed by atoms with Crippen LogP contribution in [0.25, 0.3) is 0 Å². The highest BCUT2D eigenvalue weighted by molar-refractivity contribution is 5.96. The molecule has 1 aliphatic carbocycles. The number of alkyl halides is 8. The summed E-state index contributed by atoms with van der Waals surface area (Å²) in [6, 6.07) is 2.19. The maximum absolute atomic E-state index is 15.0. The van der Waals surface area contributed by atoms with Gasteiger partial charge in [-0.15, -0.1) is 0 Å². The molecule has 1 atom stereocenters. The van der Waals surface area contributed by atoms with Gasteiger partial charge < -0.3 is 15.7 Å². The number of likely N-dealkylation sites (tertiary alicyclic amines) is 1. The first-order chi connectivity index (χ1) is 14.5. The third-order valence-electron chi connectivity index (χ3n) is 6.18. The molecule has 1 aromatic carbocycles. The second kappa shape index (κ2) is 7.29. The Morgan fingerprint density at radius 1 is 1.06 bits per heavy atom. The number of nitrogens with two attached hydrogens (primary N) is 1. The summed E-state index contributed by atoms with van der Waals surface area (Å²) in [5.41, 5.74) is -3.80. The average molecular weight is 474 g/mol. The summed E-state index contributed by atoms with van der Waals surface area (Å²) in [6.07, 6.45) is -14.3. The van der Waals surface area contributed by atoms with E-state index in [1.807, 2.05) is 0 Å². The Morgan fingerprint density at radius 2 is 1.66 bits per heavy atom. The first-order valence-electron chi connectivity index (χ1n) is 9.40. The lowest BCUT2D eigenvalue weighted by molar-refractivity contribution is -0.205. The molecule has 2 fully saturated rings. The van der Waals surface area contributed by atoms with Crippen molar-refractivity contribution < 1.29 is 49.8 Å². The number of amides is 2. The van der Waals surface area contributed by atoms with E-state index in [1.165, 1.54) is 0 Å². The van der Waals surface area contributed by atoms with Gasteiger partial charge in [-0.1, -0.05) is 12.1 Å². The largest absolute Gasteiger partial charge is 0.416 e. The molecule has 1 aromatic rings. The van der Waals surface area contributed by atoms with Gasteiger partial charge in [0.05, 0.1) is 12.2 Å². The van der Waals surface area contributed by atoms with E-state index in [9.17, 15) is 44.7 Å². The van der Waals surface area contributed by atoms with Crippen LogP contribution in [-0.2, 0) is 28.8 Å². The molecule has 3 N–H and O–H groups in total. The fraction of sp³-hybridized carbons (Fsp3) is 0.579. The van der Waals surface area contributed by atoms with Gasteiger partial charge in [0.1, 0.15) is 5.41 Å². The number of nitrogens with zero attached hydrogens (tertiary/aromatic N) is 1. The number of hydrogen-bond donors (Lipinski definition) is 2. The summed E-state index contributed by atoms with van der Waals surface area (Å²) >= 11 is 0. The Hall–Kier alpha value is -2.44. The molecule has 2 amide bonds. The summed E-state index contributed by atoms with van der Waals surface area (Å²) in [5.74, 6) is -7.90. The van der Waals surface area contributed by atoms with Crippen molar-refractivity contribution in [2.24, 2.45) is 11.1 Å². The van der Waals surface area contributed by atoms with E-state index in [1.54, 1.807) is 0 Å². The Balaban J connectivity index is 2.15. The van der Waals surface area contributed by atoms with Crippen molar-refractivity contribution in [1.82, 2.24) is 4.90 Å². The van der Waals surface area contributed by atoms with Crippen LogP contribution < -0.4 is 5.73 Å². The van der Waals surface area contributed by atoms with Gasteiger partial charge in [0, 0.05) is 19.4 Å². The Bertz CT molecular complexity index is 939. The highest BCUT2D eigenvalue weighted by Gasteiger charge is 2.75. The standard InChI is InChI=1S/C19H18F8N2O3/c20-17(21)5-6-29(14(32)15(3-4-15)19(25,26)27)16(17,13(28)31)8-11-2-1-10(9-30)7-12(11)18(22,23)24/h1-2,7,30H,3-6,8-9H2,(H2,28,31)/t16-/m1/s1. The van der Waals surface area contributed by atoms with Crippen molar-refractivity contribution in [2.75, 3.05) is 6.54 Å². The molecule has 1 saturated heterocycles. The molecular formula is C19H18F8N2O3. The molecular weight excluding hydrogens is 456 g/mol. The molecule has 1 saturated carbocycles. The summed E-state index contributed by atoms with van der Waals surface area (Å²) in [4.78, 5) is 25.1. The molecule has 0 spiro atoms. The summed E-state index contributed by atoms with van der Waals surface area (Å²) in [6.45, 7) is -1.79. The third-order valence-corrected chi connectivity index (χ3v) is 6.18. The predicted octanol–water partition coefficient (Wildman–Crippen LogP) is 3.17. The molecule has 0 bridgehead atoms. The molecule has 1 aliphatic heterocycles. The molecule has 13 heteroatoms. The fourth-order valence-corrected chi connectivity index (χ4v) is 4.16. The van der Waals surface area contributed by atoms with Gasteiger partial charge in [-0.05, 0) is 30.0 Å². The molecule has 0 unspecified atom stereocenters. The van der Waals surface area contributed by atoms with Crippen LogP contribution in [0.2, 0.25) is 0 Å². The van der Waals surface area contributed by atoms with Crippen molar-refractivity contribution in [3.05, 3.63) is 34.9 Å². The van der Waals surface area contributed by atoms with Gasteiger partial charge in [-0.2, -0.15) is 26.3 Å². The van der Waals surface area contributed by atoms with Crippen LogP contribution in [0, 0.1) is 5.41 Å². The monoisotopic (exact) mass is 474 g/mol. The number of aliphatic hydroxyl groups is 1. The minimum atomic E-state index is -5.11. The first-order valence-corrected chi connectivity index (χ1v) is 9.40. The van der Waals surface area contributed by atoms with E-state index in [2.05, 4.69) is 0 Å². The number of carbonyl (C=O) groups is 2. The quantitative estimate of drug-likeness (QED) is 0.644. The van der Waals surface area contributed by atoms with Gasteiger partial charge >= 0.3 is 12.4 Å². The van der Waals surface area contributed by atoms with E-state index in [0.717, 1.165) is 12.1 Å². The lowest BCUT2D eigenvalue weighted by Gasteiger charge is -2.41. The number of rotatable bonds is 5. The topological polar surface area (TPSA) is 83.6 Å². The average Bonchev–Trinajstić information content (AvgIpc) is 3.43. The van der Waals surface area contributed by atoms with E-state index in [4.69, 9.17) is 10.8 Å². The zero-order valence-electron chi connectivity index (χ0n) is 16.3. The van der Waals surface area contributed by atoms with Gasteiger partial charge in [0.2, 0.25) is 11.8 Å². The Morgan fingerprint density at radius 3 is 2.09 bits per heavy atom. The van der Waals surface area contributed by atoms with Crippen molar-refractivity contribution in [2.45, 2.75) is 56.1 Å². The van der Waals surface area contributed by atoms with Crippen molar-refractivity contribution in [1.29, 1.82) is 0 Å². The molecule has 0 radical (unpaired) electrons. The lowest BCUT2D eigenvalue weighted by atomic mass is 9.81. The third kappa shape index (κ3) is 3.50. The number of hydrogen-bond acceptors (Lipinski definition) is 3. The fourth-order valence-electron chi connectivity index (χ4n) is 4.16. The number of primary amides is 1. The zero-order chi connectivity index (χ0) is 24.3. The number of carbonyl (C=O) groups excluding carboxylic acids is 2. The molecule has 2 aliphatic rings. The highest BCUT2D eigenvalue weighted by Crippen LogP contribution is 2.60. The SMILES string of the molecule is NC(=O)[C@@]1(Cc2ccc(CO)cc2C(F)(F)F)N(C(=O)C2(C(F)(F)F)CC2)CCC1(F)F. The number of benzene rings is 1. The Kier molecular flexibility index (Phi) is 5.51. The normalized spacial score (nSPS) is 24.5. The van der Waals surface area contributed by atoms with Gasteiger partial charge in [-0.3, -0.25) is 9.59 Å². The second-order valence-electron chi connectivity index (χ2n) is 8.04. The van der Waals surface area contributed by atoms with Crippen LogP contribution in [0.15, 0.2) is 18.2 Å². The second-order valence-corrected chi connectivity index (χ2v) is 8.04. The zero-order valence-corrected chi connectivity index (χ0v) is 16.3. The molecule has 0 aromatic heterocycles. The van der Waals surface area contributed by atoms with Gasteiger partial charge in [0.15, 0.2) is 5.54 Å². The summed E-state index contributed by atoms with van der Waals surface area (Å²) in [5, 5.41) is 9.09. The summed E-state index contributed by atoms with van der Waals surface area (Å²) in [7, 11) is 0. The molecule has 5 nitrogen and oxygen atoms in total. The predicted molar refractivity (Wildman–Crippen MR) is 92.0 cm³/mol. The van der Waals surface area contributed by atoms with Gasteiger partial charge in [-0.25, -0.2) is 8.78 Å². The maximum atomic E-state index is 15.0. The number of halogens is 8. The smallest absolute Gasteiger partial charge is 0.392 e. The van der Waals surface area contributed by atoms with Crippen LogP contribution in [0.3, 0.4) is 0 Å². The first kappa shape index (κ1) is 24.2. The Labute approximate surface area is 176 Å². The number of aliphatic hydroxyl groups excluding tert-OH is 1. The van der Waals surface area contributed by atoms with Crippen LogP contribution in [0.5, 0.6) is 0 Å². The molecule has 1 heterocycles. The minimum Gasteiger partial charge on any atom is -0.392 e. The van der Waals surface area contributed by atoms with Crippen molar-refractivity contribution in [3.63, 3.8) is 0 Å². The molecule has 178 valence electrons. The van der Waals surface area contributed by atoms with Crippen molar-refractivity contribution >= 4 is 11.8 Å². The van der Waals surface area contributed by atoms with Crippen LogP contribution in [0.1, 0.15) is 36.0 Å².